The molecule has 1 rings (SSSR count). The van der Waals surface area contributed by atoms with Crippen LogP contribution in [-0.2, 0) is 6.54 Å². The maximum Gasteiger partial charge on any atom is 0.371 e. The Morgan fingerprint density at radius 2 is 2.28 bits per heavy atom. The topological polar surface area (TPSA) is 107 Å². The van der Waals surface area contributed by atoms with Crippen LogP contribution in [0.4, 0.5) is 4.79 Å². The summed E-state index contributed by atoms with van der Waals surface area (Å²) in [5.41, 5.74) is 0. The Labute approximate surface area is 104 Å². The van der Waals surface area contributed by atoms with Crippen LogP contribution in [0.15, 0.2) is 16.5 Å². The van der Waals surface area contributed by atoms with Crippen molar-refractivity contribution in [2.45, 2.75) is 13.0 Å². The van der Waals surface area contributed by atoms with Crippen molar-refractivity contribution in [2.75, 3.05) is 13.6 Å². The summed E-state index contributed by atoms with van der Waals surface area (Å²) < 4.78 is 4.97. The number of hydrogen-bond donors (Lipinski definition) is 2. The van der Waals surface area contributed by atoms with E-state index in [0.29, 0.717) is 12.3 Å². The second-order valence-electron chi connectivity index (χ2n) is 3.56. The zero-order chi connectivity index (χ0) is 13.5. The lowest BCUT2D eigenvalue weighted by Crippen LogP contribution is -2.37. The van der Waals surface area contributed by atoms with Gasteiger partial charge in [0.25, 0.3) is 0 Å². The van der Waals surface area contributed by atoms with E-state index >= 15 is 0 Å². The summed E-state index contributed by atoms with van der Waals surface area (Å²) in [6, 6.07) is 4.40. The quantitative estimate of drug-likeness (QED) is 0.812. The van der Waals surface area contributed by atoms with Crippen molar-refractivity contribution < 1.29 is 19.1 Å². The number of hydrogen-bond acceptors (Lipinski definition) is 4. The SMILES string of the molecule is CN(CCC#N)C(=O)NCc1ccc(C(=O)O)o1. The molecule has 0 aromatic carbocycles. The minimum atomic E-state index is -1.15. The maximum absolute atomic E-state index is 11.5. The number of nitrogens with zero attached hydrogens (tertiary/aromatic N) is 2. The average molecular weight is 251 g/mol. The van der Waals surface area contributed by atoms with Gasteiger partial charge in [-0.15, -0.1) is 0 Å². The second kappa shape index (κ2) is 6.30. The Morgan fingerprint density at radius 3 is 2.83 bits per heavy atom. The van der Waals surface area contributed by atoms with Crippen LogP contribution in [0.1, 0.15) is 22.7 Å². The molecule has 0 fully saturated rings. The van der Waals surface area contributed by atoms with Gasteiger partial charge in [0.2, 0.25) is 5.76 Å². The number of urea groups is 1. The molecule has 0 aliphatic rings. The van der Waals surface area contributed by atoms with E-state index in [1.807, 2.05) is 6.07 Å². The number of carboxylic acids is 1. The smallest absolute Gasteiger partial charge is 0.371 e. The van der Waals surface area contributed by atoms with Gasteiger partial charge in [0.1, 0.15) is 5.76 Å². The first-order valence-corrected chi connectivity index (χ1v) is 5.22. The van der Waals surface area contributed by atoms with Gasteiger partial charge in [-0.1, -0.05) is 0 Å². The van der Waals surface area contributed by atoms with Gasteiger partial charge in [0, 0.05) is 13.6 Å². The predicted molar refractivity (Wildman–Crippen MR) is 60.8 cm³/mol. The van der Waals surface area contributed by atoms with Crippen molar-refractivity contribution in [1.82, 2.24) is 10.2 Å². The van der Waals surface area contributed by atoms with Crippen molar-refractivity contribution in [3.63, 3.8) is 0 Å². The Hall–Kier alpha value is -2.49. The number of aromatic carboxylic acids is 1. The van der Waals surface area contributed by atoms with Crippen LogP contribution in [0.2, 0.25) is 0 Å². The zero-order valence-electron chi connectivity index (χ0n) is 9.84. The Morgan fingerprint density at radius 1 is 1.56 bits per heavy atom. The first kappa shape index (κ1) is 13.6. The van der Waals surface area contributed by atoms with Crippen LogP contribution in [0, 0.1) is 11.3 Å². The van der Waals surface area contributed by atoms with Crippen LogP contribution in [0.25, 0.3) is 0 Å². The minimum absolute atomic E-state index is 0.100. The highest BCUT2D eigenvalue weighted by Crippen LogP contribution is 2.07. The third-order valence-electron chi connectivity index (χ3n) is 2.19. The second-order valence-corrected chi connectivity index (χ2v) is 3.56. The number of furan rings is 1. The molecule has 1 aromatic rings. The van der Waals surface area contributed by atoms with Gasteiger partial charge in [-0.2, -0.15) is 5.26 Å². The highest BCUT2D eigenvalue weighted by molar-refractivity contribution is 5.84. The lowest BCUT2D eigenvalue weighted by molar-refractivity contribution is 0.0660. The number of carbonyl (C=O) groups is 2. The van der Waals surface area contributed by atoms with Crippen molar-refractivity contribution >= 4 is 12.0 Å². The van der Waals surface area contributed by atoms with Gasteiger partial charge in [0.15, 0.2) is 0 Å². The molecule has 0 spiro atoms. The van der Waals surface area contributed by atoms with Crippen LogP contribution in [0.3, 0.4) is 0 Å². The predicted octanol–water partition coefficient (Wildman–Crippen LogP) is 1.03. The van der Waals surface area contributed by atoms with Gasteiger partial charge in [-0.25, -0.2) is 9.59 Å². The normalized spacial score (nSPS) is 9.56. The van der Waals surface area contributed by atoms with E-state index < -0.39 is 5.97 Å². The molecule has 0 aliphatic heterocycles. The average Bonchev–Trinajstić information content (AvgIpc) is 2.81. The van der Waals surface area contributed by atoms with Gasteiger partial charge in [0.05, 0.1) is 19.0 Å². The summed E-state index contributed by atoms with van der Waals surface area (Å²) in [4.78, 5) is 23.4. The first-order chi connectivity index (χ1) is 8.54. The van der Waals surface area contributed by atoms with E-state index in [9.17, 15) is 9.59 Å². The molecule has 0 aliphatic carbocycles. The van der Waals surface area contributed by atoms with E-state index in [-0.39, 0.29) is 24.8 Å². The molecule has 0 saturated heterocycles. The third kappa shape index (κ3) is 3.83. The molecule has 7 heteroatoms. The number of amides is 2. The van der Waals surface area contributed by atoms with E-state index in [4.69, 9.17) is 14.8 Å². The van der Waals surface area contributed by atoms with Gasteiger partial charge >= 0.3 is 12.0 Å². The molecule has 1 heterocycles. The van der Waals surface area contributed by atoms with Crippen molar-refractivity contribution in [3.05, 3.63) is 23.7 Å². The summed E-state index contributed by atoms with van der Waals surface area (Å²) >= 11 is 0. The number of nitriles is 1. The molecule has 0 unspecified atom stereocenters. The van der Waals surface area contributed by atoms with Gasteiger partial charge < -0.3 is 19.7 Å². The standard InChI is InChI=1S/C11H13N3O4/c1-14(6-2-5-12)11(17)13-7-8-3-4-9(18-8)10(15)16/h3-4H,2,6-7H2,1H3,(H,13,17)(H,15,16). The van der Waals surface area contributed by atoms with E-state index in [0.717, 1.165) is 0 Å². The zero-order valence-corrected chi connectivity index (χ0v) is 9.84. The van der Waals surface area contributed by atoms with Gasteiger partial charge in [-0.3, -0.25) is 0 Å². The van der Waals surface area contributed by atoms with Crippen LogP contribution < -0.4 is 5.32 Å². The maximum atomic E-state index is 11.5. The highest BCUT2D eigenvalue weighted by atomic mass is 16.4. The van der Waals surface area contributed by atoms with E-state index in [1.54, 1.807) is 7.05 Å². The number of rotatable bonds is 5. The van der Waals surface area contributed by atoms with Crippen LogP contribution >= 0.6 is 0 Å². The highest BCUT2D eigenvalue weighted by Gasteiger charge is 2.11. The summed E-state index contributed by atoms with van der Waals surface area (Å²) in [7, 11) is 1.57. The van der Waals surface area contributed by atoms with Gasteiger partial charge in [-0.05, 0) is 12.1 Å². The van der Waals surface area contributed by atoms with Crippen molar-refractivity contribution in [1.29, 1.82) is 5.26 Å². The summed E-state index contributed by atoms with van der Waals surface area (Å²) in [5.74, 6) is -0.967. The first-order valence-electron chi connectivity index (χ1n) is 5.22. The molecule has 1 aromatic heterocycles. The van der Waals surface area contributed by atoms with E-state index in [2.05, 4.69) is 5.32 Å². The van der Waals surface area contributed by atoms with Crippen molar-refractivity contribution in [2.24, 2.45) is 0 Å². The summed E-state index contributed by atoms with van der Waals surface area (Å²) in [6.45, 7) is 0.434. The van der Waals surface area contributed by atoms with Crippen LogP contribution in [0.5, 0.6) is 0 Å². The fraction of sp³-hybridized carbons (Fsp3) is 0.364. The molecule has 0 atom stereocenters. The van der Waals surface area contributed by atoms with Crippen LogP contribution in [-0.4, -0.2) is 35.6 Å². The molecular formula is C11H13N3O4. The largest absolute Gasteiger partial charge is 0.475 e. The Balaban J connectivity index is 2.42. The molecular weight excluding hydrogens is 238 g/mol. The molecule has 2 N–H and O–H groups in total. The third-order valence-corrected chi connectivity index (χ3v) is 2.19. The molecule has 0 saturated carbocycles. The monoisotopic (exact) mass is 251 g/mol. The lowest BCUT2D eigenvalue weighted by Gasteiger charge is -2.15. The fourth-order valence-corrected chi connectivity index (χ4v) is 1.20. The Kier molecular flexibility index (Phi) is 4.75. The molecule has 2 amide bonds. The molecule has 18 heavy (non-hydrogen) atoms. The summed E-state index contributed by atoms with van der Waals surface area (Å²) in [5, 5.41) is 19.6. The lowest BCUT2D eigenvalue weighted by atomic mass is 10.4. The number of carbonyl (C=O) groups excluding carboxylic acids is 1. The number of nitrogens with one attached hydrogen (secondary N) is 1. The molecule has 96 valence electrons. The fourth-order valence-electron chi connectivity index (χ4n) is 1.20. The minimum Gasteiger partial charge on any atom is -0.475 e. The molecule has 7 nitrogen and oxygen atoms in total. The molecule has 0 bridgehead atoms. The molecule has 0 radical (unpaired) electrons. The number of carboxylic acid groups (broad SMARTS) is 1. The van der Waals surface area contributed by atoms with Crippen molar-refractivity contribution in [3.8, 4) is 6.07 Å². The summed E-state index contributed by atoms with van der Waals surface area (Å²) in [6.07, 6.45) is 0.258. The Bertz CT molecular complexity index is 475. The van der Waals surface area contributed by atoms with E-state index in [1.165, 1.54) is 17.0 Å².